The summed E-state index contributed by atoms with van der Waals surface area (Å²) in [4.78, 5) is 16.2. The Bertz CT molecular complexity index is 756. The quantitative estimate of drug-likeness (QED) is 0.773. The molecule has 7 heteroatoms. The smallest absolute Gasteiger partial charge is 0.227 e. The third kappa shape index (κ3) is 5.64. The molecule has 1 amide bonds. The monoisotopic (exact) mass is 392 g/mol. The summed E-state index contributed by atoms with van der Waals surface area (Å²) in [5.41, 5.74) is 1.21. The number of carbonyl (C=O) groups is 1. The van der Waals surface area contributed by atoms with Crippen LogP contribution in [0, 0.1) is 5.92 Å². The van der Waals surface area contributed by atoms with Gasteiger partial charge in [-0.3, -0.25) is 4.79 Å². The molecule has 0 unspecified atom stereocenters. The number of piperazine rings is 1. The maximum Gasteiger partial charge on any atom is 0.227 e. The summed E-state index contributed by atoms with van der Waals surface area (Å²) in [5, 5.41) is 0. The zero-order valence-corrected chi connectivity index (χ0v) is 16.8. The average molecular weight is 393 g/mol. The van der Waals surface area contributed by atoms with E-state index in [4.69, 9.17) is 0 Å². The van der Waals surface area contributed by atoms with E-state index in [0.29, 0.717) is 13.1 Å². The maximum absolute atomic E-state index is 12.8. The first kappa shape index (κ1) is 20.0. The van der Waals surface area contributed by atoms with Crippen molar-refractivity contribution in [1.29, 1.82) is 0 Å². The molecule has 27 heavy (non-hydrogen) atoms. The van der Waals surface area contributed by atoms with Crippen molar-refractivity contribution in [3.8, 4) is 0 Å². The van der Waals surface area contributed by atoms with E-state index >= 15 is 0 Å². The van der Waals surface area contributed by atoms with Crippen molar-refractivity contribution in [2.24, 2.45) is 5.92 Å². The van der Waals surface area contributed by atoms with Gasteiger partial charge in [-0.25, -0.2) is 12.7 Å². The lowest BCUT2D eigenvalue weighted by Gasteiger charge is -2.36. The van der Waals surface area contributed by atoms with Crippen LogP contribution in [0.15, 0.2) is 36.4 Å². The zero-order chi connectivity index (χ0) is 19.3. The van der Waals surface area contributed by atoms with E-state index in [1.54, 1.807) is 0 Å². The van der Waals surface area contributed by atoms with Crippen molar-refractivity contribution in [2.45, 2.75) is 12.8 Å². The highest BCUT2D eigenvalue weighted by Gasteiger charge is 2.34. The predicted molar refractivity (Wildman–Crippen MR) is 107 cm³/mol. The fourth-order valence-electron chi connectivity index (χ4n) is 3.88. The molecule has 0 bridgehead atoms. The number of piperidine rings is 1. The highest BCUT2D eigenvalue weighted by molar-refractivity contribution is 7.88. The Morgan fingerprint density at radius 1 is 1.19 bits per heavy atom. The van der Waals surface area contributed by atoms with Crippen LogP contribution in [0.2, 0.25) is 0 Å². The molecular weight excluding hydrogens is 362 g/mol. The van der Waals surface area contributed by atoms with Gasteiger partial charge >= 0.3 is 0 Å². The van der Waals surface area contributed by atoms with Gasteiger partial charge in [-0.05, 0) is 24.5 Å². The van der Waals surface area contributed by atoms with Gasteiger partial charge in [-0.2, -0.15) is 0 Å². The molecule has 148 valence electrons. The van der Waals surface area contributed by atoms with Crippen LogP contribution in [0.4, 0.5) is 0 Å². The van der Waals surface area contributed by atoms with Crippen LogP contribution < -0.4 is 4.90 Å². The van der Waals surface area contributed by atoms with Crippen LogP contribution in [0.5, 0.6) is 0 Å². The Hall–Kier alpha value is -1.70. The van der Waals surface area contributed by atoms with Crippen molar-refractivity contribution in [1.82, 2.24) is 9.21 Å². The molecule has 2 fully saturated rings. The summed E-state index contributed by atoms with van der Waals surface area (Å²) in [6.45, 7) is 5.22. The van der Waals surface area contributed by atoms with E-state index in [1.165, 1.54) is 21.0 Å². The normalized spacial score (nSPS) is 23.0. The van der Waals surface area contributed by atoms with Gasteiger partial charge < -0.3 is 9.80 Å². The van der Waals surface area contributed by atoms with E-state index in [1.807, 2.05) is 23.1 Å². The molecule has 1 aromatic carbocycles. The van der Waals surface area contributed by atoms with E-state index in [-0.39, 0.29) is 11.8 Å². The van der Waals surface area contributed by atoms with Crippen LogP contribution in [-0.2, 0) is 14.8 Å². The van der Waals surface area contributed by atoms with Gasteiger partial charge in [0.2, 0.25) is 15.9 Å². The molecule has 2 aliphatic heterocycles. The molecule has 2 aliphatic rings. The van der Waals surface area contributed by atoms with Gasteiger partial charge in [0, 0.05) is 13.1 Å². The molecule has 0 spiro atoms. The summed E-state index contributed by atoms with van der Waals surface area (Å²) >= 11 is 0. The fraction of sp³-hybridized carbons (Fsp3) is 0.550. The summed E-state index contributed by atoms with van der Waals surface area (Å²) in [7, 11) is -3.21. The fourth-order valence-corrected chi connectivity index (χ4v) is 4.79. The number of hydrogen-bond acceptors (Lipinski definition) is 3. The minimum absolute atomic E-state index is 0.127. The molecule has 0 radical (unpaired) electrons. The molecule has 2 heterocycles. The standard InChI is InChI=1S/C20H29N3O3S/c1-27(25,26)23-12-6-10-19(17-23)20(24)22-15-13-21(14-16-22)11-5-9-18-7-3-2-4-8-18/h2-5,7-9,19H,6,10-17H2,1H3/p+1/b9-5+/t19-/m0/s1. The lowest BCUT2D eigenvalue weighted by Crippen LogP contribution is -3.14. The van der Waals surface area contributed by atoms with E-state index < -0.39 is 10.0 Å². The Morgan fingerprint density at radius 3 is 2.56 bits per heavy atom. The second kappa shape index (κ2) is 8.99. The minimum atomic E-state index is -3.21. The second-order valence-electron chi connectivity index (χ2n) is 7.55. The van der Waals surface area contributed by atoms with E-state index in [9.17, 15) is 13.2 Å². The first-order valence-electron chi connectivity index (χ1n) is 9.72. The molecule has 0 aromatic heterocycles. The molecular formula is C20H30N3O3S+. The van der Waals surface area contributed by atoms with Crippen LogP contribution >= 0.6 is 0 Å². The van der Waals surface area contributed by atoms with Crippen molar-refractivity contribution in [3.63, 3.8) is 0 Å². The number of nitrogens with one attached hydrogen (secondary N) is 1. The molecule has 3 rings (SSSR count). The van der Waals surface area contributed by atoms with Gasteiger partial charge in [-0.1, -0.05) is 36.4 Å². The first-order chi connectivity index (χ1) is 12.9. The first-order valence-corrected chi connectivity index (χ1v) is 11.6. The Balaban J connectivity index is 1.46. The van der Waals surface area contributed by atoms with Gasteiger partial charge in [0.15, 0.2) is 0 Å². The van der Waals surface area contributed by atoms with Crippen LogP contribution in [-0.4, -0.2) is 75.6 Å². The Morgan fingerprint density at radius 2 is 1.89 bits per heavy atom. The number of carbonyl (C=O) groups excluding carboxylic acids is 1. The molecule has 1 N–H and O–H groups in total. The minimum Gasteiger partial charge on any atom is -0.331 e. The highest BCUT2D eigenvalue weighted by atomic mass is 32.2. The summed E-state index contributed by atoms with van der Waals surface area (Å²) in [5.74, 6) is -0.0600. The van der Waals surface area contributed by atoms with Crippen molar-refractivity contribution in [3.05, 3.63) is 42.0 Å². The third-order valence-electron chi connectivity index (χ3n) is 5.50. The SMILES string of the molecule is CS(=O)(=O)N1CCC[C@H](C(=O)N2CC[NH+](C/C=C/c3ccccc3)CC2)C1. The zero-order valence-electron chi connectivity index (χ0n) is 16.0. The summed E-state index contributed by atoms with van der Waals surface area (Å²) in [6, 6.07) is 10.3. The largest absolute Gasteiger partial charge is 0.331 e. The highest BCUT2D eigenvalue weighted by Crippen LogP contribution is 2.20. The second-order valence-corrected chi connectivity index (χ2v) is 9.54. The number of quaternary nitrogens is 1. The lowest BCUT2D eigenvalue weighted by molar-refractivity contribution is -0.898. The van der Waals surface area contributed by atoms with Gasteiger partial charge in [-0.15, -0.1) is 0 Å². The summed E-state index contributed by atoms with van der Waals surface area (Å²) in [6.07, 6.45) is 7.13. The number of amides is 1. The molecule has 1 atom stereocenters. The Labute approximate surface area is 162 Å². The summed E-state index contributed by atoms with van der Waals surface area (Å²) < 4.78 is 25.0. The number of hydrogen-bond donors (Lipinski definition) is 1. The van der Waals surface area contributed by atoms with Crippen LogP contribution in [0.25, 0.3) is 6.08 Å². The number of nitrogens with zero attached hydrogens (tertiary/aromatic N) is 2. The molecule has 2 saturated heterocycles. The van der Waals surface area contributed by atoms with Gasteiger partial charge in [0.25, 0.3) is 0 Å². The topological polar surface area (TPSA) is 62.1 Å². The van der Waals surface area contributed by atoms with Gasteiger partial charge in [0.05, 0.1) is 44.9 Å². The molecule has 0 aliphatic carbocycles. The molecule has 1 aromatic rings. The molecule has 6 nitrogen and oxygen atoms in total. The van der Waals surface area contributed by atoms with Crippen molar-refractivity contribution < 1.29 is 18.1 Å². The average Bonchev–Trinajstić information content (AvgIpc) is 2.68. The Kier molecular flexibility index (Phi) is 6.68. The third-order valence-corrected chi connectivity index (χ3v) is 6.77. The van der Waals surface area contributed by atoms with Crippen LogP contribution in [0.1, 0.15) is 18.4 Å². The van der Waals surface area contributed by atoms with E-state index in [0.717, 1.165) is 45.6 Å². The molecule has 0 saturated carbocycles. The number of benzene rings is 1. The van der Waals surface area contributed by atoms with Gasteiger partial charge in [0.1, 0.15) is 0 Å². The van der Waals surface area contributed by atoms with E-state index in [2.05, 4.69) is 24.3 Å². The predicted octanol–water partition coefficient (Wildman–Crippen LogP) is 0.0985. The maximum atomic E-state index is 12.8. The van der Waals surface area contributed by atoms with Crippen molar-refractivity contribution in [2.75, 3.05) is 52.1 Å². The number of sulfonamides is 1. The number of rotatable bonds is 5. The lowest BCUT2D eigenvalue weighted by atomic mass is 9.98. The van der Waals surface area contributed by atoms with Crippen LogP contribution in [0.3, 0.4) is 0 Å². The van der Waals surface area contributed by atoms with Crippen molar-refractivity contribution >= 4 is 22.0 Å².